The van der Waals surface area contributed by atoms with Crippen molar-refractivity contribution in [1.82, 2.24) is 0 Å². The van der Waals surface area contributed by atoms with E-state index in [1.54, 1.807) is 0 Å². The average Bonchev–Trinajstić information content (AvgIpc) is 2.64. The summed E-state index contributed by atoms with van der Waals surface area (Å²) in [6.07, 6.45) is 0.729. The number of methoxy groups -OCH3 is 2. The van der Waals surface area contributed by atoms with Gasteiger partial charge in [-0.2, -0.15) is 0 Å². The van der Waals surface area contributed by atoms with Gasteiger partial charge in [-0.3, -0.25) is 4.79 Å². The van der Waals surface area contributed by atoms with Crippen LogP contribution in [-0.4, -0.2) is 37.8 Å². The zero-order chi connectivity index (χ0) is 19.8. The number of carboxylic acid groups (broad SMARTS) is 1. The van der Waals surface area contributed by atoms with Crippen LogP contribution in [0, 0.1) is 6.92 Å². The maximum atomic E-state index is 12.2. The number of anilines is 1. The van der Waals surface area contributed by atoms with E-state index < -0.39 is 5.97 Å². The number of hydrogen-bond donors (Lipinski definition) is 2. The Morgan fingerprint density at radius 1 is 1.11 bits per heavy atom. The van der Waals surface area contributed by atoms with Crippen molar-refractivity contribution >= 4 is 17.6 Å². The van der Waals surface area contributed by atoms with E-state index in [1.165, 1.54) is 26.4 Å². The van der Waals surface area contributed by atoms with Gasteiger partial charge >= 0.3 is 5.97 Å². The van der Waals surface area contributed by atoms with E-state index >= 15 is 0 Å². The van der Waals surface area contributed by atoms with E-state index in [4.69, 9.17) is 14.2 Å². The summed E-state index contributed by atoms with van der Waals surface area (Å²) in [6, 6.07) is 10.4. The molecule has 0 bridgehead atoms. The van der Waals surface area contributed by atoms with Gasteiger partial charge in [0.05, 0.1) is 32.1 Å². The number of nitrogens with one attached hydrogen (secondary N) is 1. The highest BCUT2D eigenvalue weighted by Gasteiger charge is 2.17. The van der Waals surface area contributed by atoms with Crippen molar-refractivity contribution in [2.45, 2.75) is 19.8 Å². The summed E-state index contributed by atoms with van der Waals surface area (Å²) in [4.78, 5) is 23.5. The third kappa shape index (κ3) is 5.64. The van der Waals surface area contributed by atoms with Crippen molar-refractivity contribution in [3.8, 4) is 17.2 Å². The molecule has 0 spiro atoms. The molecule has 2 aromatic rings. The number of aromatic carboxylic acids is 1. The molecule has 0 aliphatic heterocycles. The minimum absolute atomic E-state index is 0.00858. The number of rotatable bonds is 9. The largest absolute Gasteiger partial charge is 0.494 e. The summed E-state index contributed by atoms with van der Waals surface area (Å²) in [5, 5.41) is 11.9. The van der Waals surface area contributed by atoms with Crippen LogP contribution in [0.25, 0.3) is 0 Å². The molecule has 0 aliphatic carbocycles. The third-order valence-electron chi connectivity index (χ3n) is 3.81. The Morgan fingerprint density at radius 2 is 1.89 bits per heavy atom. The molecule has 0 radical (unpaired) electrons. The van der Waals surface area contributed by atoms with Gasteiger partial charge in [-0.05, 0) is 43.2 Å². The molecule has 0 atom stereocenters. The number of carbonyl (C=O) groups is 2. The van der Waals surface area contributed by atoms with E-state index in [0.29, 0.717) is 13.0 Å². The van der Waals surface area contributed by atoms with E-state index in [-0.39, 0.29) is 35.1 Å². The van der Waals surface area contributed by atoms with Crippen LogP contribution in [0.4, 0.5) is 5.69 Å². The predicted molar refractivity (Wildman–Crippen MR) is 101 cm³/mol. The van der Waals surface area contributed by atoms with Crippen molar-refractivity contribution in [3.05, 3.63) is 47.5 Å². The number of benzene rings is 2. The Hall–Kier alpha value is -3.22. The molecule has 144 valence electrons. The monoisotopic (exact) mass is 373 g/mol. The van der Waals surface area contributed by atoms with Gasteiger partial charge in [-0.1, -0.05) is 12.1 Å². The molecule has 0 fully saturated rings. The van der Waals surface area contributed by atoms with Crippen molar-refractivity contribution < 1.29 is 28.9 Å². The maximum Gasteiger partial charge on any atom is 0.335 e. The fourth-order valence-corrected chi connectivity index (χ4v) is 2.52. The van der Waals surface area contributed by atoms with Crippen LogP contribution in [0.1, 0.15) is 28.8 Å². The van der Waals surface area contributed by atoms with Gasteiger partial charge in [-0.15, -0.1) is 0 Å². The lowest BCUT2D eigenvalue weighted by Gasteiger charge is -2.15. The number of amides is 1. The number of hydrogen-bond acceptors (Lipinski definition) is 5. The van der Waals surface area contributed by atoms with Gasteiger partial charge in [-0.25, -0.2) is 4.79 Å². The standard InChI is InChI=1S/C20H23NO6/c1-13-6-4-7-15(10-13)27-9-5-8-18(22)21-16-11-14(20(23)24)12-17(25-2)19(16)26-3/h4,6-7,10-12H,5,8-9H2,1-3H3,(H,21,22)(H,23,24). The second-order valence-corrected chi connectivity index (χ2v) is 5.88. The van der Waals surface area contributed by atoms with Crippen LogP contribution in [0.3, 0.4) is 0 Å². The fraction of sp³-hybridized carbons (Fsp3) is 0.300. The van der Waals surface area contributed by atoms with Gasteiger partial charge < -0.3 is 24.6 Å². The number of aryl methyl sites for hydroxylation is 1. The lowest BCUT2D eigenvalue weighted by molar-refractivity contribution is -0.116. The van der Waals surface area contributed by atoms with Crippen molar-refractivity contribution in [3.63, 3.8) is 0 Å². The molecule has 0 unspecified atom stereocenters. The Labute approximate surface area is 157 Å². The molecule has 2 N–H and O–H groups in total. The Balaban J connectivity index is 1.96. The van der Waals surface area contributed by atoms with Gasteiger partial charge in [0, 0.05) is 6.42 Å². The number of ether oxygens (including phenoxy) is 3. The Bertz CT molecular complexity index is 818. The van der Waals surface area contributed by atoms with Gasteiger partial charge in [0.1, 0.15) is 5.75 Å². The molecule has 2 rings (SSSR count). The molecular weight excluding hydrogens is 350 g/mol. The van der Waals surface area contributed by atoms with Crippen LogP contribution >= 0.6 is 0 Å². The molecule has 7 heteroatoms. The van der Waals surface area contributed by atoms with Gasteiger partial charge in [0.2, 0.25) is 5.91 Å². The highest BCUT2D eigenvalue weighted by molar-refractivity contribution is 5.96. The normalized spacial score (nSPS) is 10.2. The summed E-state index contributed by atoms with van der Waals surface area (Å²) >= 11 is 0. The Kier molecular flexibility index (Phi) is 7.05. The maximum absolute atomic E-state index is 12.2. The first-order valence-corrected chi connectivity index (χ1v) is 8.43. The summed E-state index contributed by atoms with van der Waals surface area (Å²) in [6.45, 7) is 2.37. The lowest BCUT2D eigenvalue weighted by atomic mass is 10.1. The highest BCUT2D eigenvalue weighted by Crippen LogP contribution is 2.36. The van der Waals surface area contributed by atoms with E-state index in [2.05, 4.69) is 5.32 Å². The molecule has 27 heavy (non-hydrogen) atoms. The van der Waals surface area contributed by atoms with Crippen molar-refractivity contribution in [2.24, 2.45) is 0 Å². The molecule has 0 aliphatic rings. The lowest BCUT2D eigenvalue weighted by Crippen LogP contribution is -2.14. The quantitative estimate of drug-likeness (QED) is 0.653. The highest BCUT2D eigenvalue weighted by atomic mass is 16.5. The minimum Gasteiger partial charge on any atom is -0.494 e. The van der Waals surface area contributed by atoms with Gasteiger partial charge in [0.25, 0.3) is 0 Å². The molecule has 0 aromatic heterocycles. The number of carbonyl (C=O) groups excluding carboxylic acids is 1. The predicted octanol–water partition coefficient (Wildman–Crippen LogP) is 3.51. The minimum atomic E-state index is -1.13. The van der Waals surface area contributed by atoms with Gasteiger partial charge in [0.15, 0.2) is 11.5 Å². The van der Waals surface area contributed by atoms with Crippen LogP contribution in [-0.2, 0) is 4.79 Å². The first-order valence-electron chi connectivity index (χ1n) is 8.43. The third-order valence-corrected chi connectivity index (χ3v) is 3.81. The zero-order valence-electron chi connectivity index (χ0n) is 15.6. The summed E-state index contributed by atoms with van der Waals surface area (Å²) in [5.41, 5.74) is 1.34. The second kappa shape index (κ2) is 9.47. The molecule has 1 amide bonds. The summed E-state index contributed by atoms with van der Waals surface area (Å²) < 4.78 is 16.0. The molecular formula is C20H23NO6. The van der Waals surface area contributed by atoms with E-state index in [1.807, 2.05) is 31.2 Å². The fourth-order valence-electron chi connectivity index (χ4n) is 2.52. The average molecular weight is 373 g/mol. The van der Waals surface area contributed by atoms with E-state index in [0.717, 1.165) is 11.3 Å². The smallest absolute Gasteiger partial charge is 0.335 e. The van der Waals surface area contributed by atoms with Crippen LogP contribution in [0.2, 0.25) is 0 Å². The topological polar surface area (TPSA) is 94.1 Å². The van der Waals surface area contributed by atoms with Crippen molar-refractivity contribution in [2.75, 3.05) is 26.1 Å². The molecule has 0 saturated carbocycles. The van der Waals surface area contributed by atoms with E-state index in [9.17, 15) is 14.7 Å². The van der Waals surface area contributed by atoms with Crippen molar-refractivity contribution in [1.29, 1.82) is 0 Å². The molecule has 0 heterocycles. The summed E-state index contributed by atoms with van der Waals surface area (Å²) in [5.74, 6) is -0.137. The molecule has 0 saturated heterocycles. The second-order valence-electron chi connectivity index (χ2n) is 5.88. The Morgan fingerprint density at radius 3 is 2.52 bits per heavy atom. The number of carboxylic acids is 1. The SMILES string of the molecule is COc1cc(C(=O)O)cc(NC(=O)CCCOc2cccc(C)c2)c1OC. The van der Waals surface area contributed by atoms with Crippen LogP contribution in [0.5, 0.6) is 17.2 Å². The van der Waals surface area contributed by atoms with Crippen LogP contribution < -0.4 is 19.5 Å². The molecule has 2 aromatic carbocycles. The molecule has 7 nitrogen and oxygen atoms in total. The zero-order valence-corrected chi connectivity index (χ0v) is 15.6. The first-order chi connectivity index (χ1) is 12.9. The first kappa shape index (κ1) is 20.1. The van der Waals surface area contributed by atoms with Crippen LogP contribution in [0.15, 0.2) is 36.4 Å². The summed E-state index contributed by atoms with van der Waals surface area (Å²) in [7, 11) is 2.82.